The molecule has 0 aliphatic carbocycles. The maximum atomic E-state index is 11.5. The number of anilines is 1. The van der Waals surface area contributed by atoms with Gasteiger partial charge >= 0.3 is 5.69 Å². The normalized spacial score (nSPS) is 14.7. The van der Waals surface area contributed by atoms with Crippen molar-refractivity contribution >= 4 is 5.82 Å². The van der Waals surface area contributed by atoms with E-state index in [1.165, 1.54) is 0 Å². The van der Waals surface area contributed by atoms with E-state index in [2.05, 4.69) is 4.98 Å². The van der Waals surface area contributed by atoms with Crippen LogP contribution in [-0.2, 0) is 0 Å². The minimum absolute atomic E-state index is 0.0294. The summed E-state index contributed by atoms with van der Waals surface area (Å²) in [7, 11) is 0. The third-order valence-electron chi connectivity index (χ3n) is 2.72. The molecule has 1 aromatic heterocycles. The Morgan fingerprint density at radius 1 is 1.56 bits per heavy atom. The maximum absolute atomic E-state index is 11.5. The first-order valence-electron chi connectivity index (χ1n) is 5.57. The zero-order valence-electron chi connectivity index (χ0n) is 9.76. The number of nitrogens with two attached hydrogens (primary N) is 1. The molecule has 0 fully saturated rings. The van der Waals surface area contributed by atoms with Crippen LogP contribution in [0.1, 0.15) is 39.2 Å². The van der Waals surface area contributed by atoms with Crippen LogP contribution >= 0.6 is 0 Å². The molecular formula is C11H19N3O2. The highest BCUT2D eigenvalue weighted by Crippen LogP contribution is 2.13. The van der Waals surface area contributed by atoms with Crippen molar-refractivity contribution < 1.29 is 5.11 Å². The summed E-state index contributed by atoms with van der Waals surface area (Å²) in [4.78, 5) is 15.2. The molecule has 0 radical (unpaired) electrons. The van der Waals surface area contributed by atoms with E-state index in [1.54, 1.807) is 16.8 Å². The second-order valence-corrected chi connectivity index (χ2v) is 4.03. The molecule has 0 aliphatic rings. The molecule has 16 heavy (non-hydrogen) atoms. The molecule has 5 nitrogen and oxygen atoms in total. The Labute approximate surface area is 94.9 Å². The van der Waals surface area contributed by atoms with E-state index in [4.69, 9.17) is 5.73 Å². The van der Waals surface area contributed by atoms with Crippen LogP contribution in [0.4, 0.5) is 5.82 Å². The highest BCUT2D eigenvalue weighted by Gasteiger charge is 2.09. The molecule has 3 N–H and O–H groups in total. The van der Waals surface area contributed by atoms with Crippen LogP contribution in [0.3, 0.4) is 0 Å². The van der Waals surface area contributed by atoms with Crippen molar-refractivity contribution in [3.05, 3.63) is 22.7 Å². The Hall–Kier alpha value is -1.36. The molecule has 90 valence electrons. The summed E-state index contributed by atoms with van der Waals surface area (Å²) in [6.45, 7) is 3.87. The van der Waals surface area contributed by atoms with Crippen molar-refractivity contribution in [1.29, 1.82) is 0 Å². The van der Waals surface area contributed by atoms with E-state index in [0.29, 0.717) is 6.42 Å². The Kier molecular flexibility index (Phi) is 4.49. The molecule has 0 saturated carbocycles. The smallest absolute Gasteiger partial charge is 0.349 e. The SMILES string of the molecule is CCC(O)CC[C@@H](C)n1ccc(N)nc1=O. The van der Waals surface area contributed by atoms with Crippen molar-refractivity contribution in [1.82, 2.24) is 9.55 Å². The van der Waals surface area contributed by atoms with E-state index >= 15 is 0 Å². The highest BCUT2D eigenvalue weighted by molar-refractivity contribution is 5.23. The molecule has 2 atom stereocenters. The number of hydrogen-bond acceptors (Lipinski definition) is 4. The molecule has 0 spiro atoms. The lowest BCUT2D eigenvalue weighted by Gasteiger charge is -2.16. The fourth-order valence-corrected chi connectivity index (χ4v) is 1.54. The van der Waals surface area contributed by atoms with Gasteiger partial charge in [-0.1, -0.05) is 6.92 Å². The number of aliphatic hydroxyl groups excluding tert-OH is 1. The molecular weight excluding hydrogens is 206 g/mol. The average Bonchev–Trinajstić information content (AvgIpc) is 2.25. The first-order valence-corrected chi connectivity index (χ1v) is 5.57. The van der Waals surface area contributed by atoms with Gasteiger partial charge in [0.25, 0.3) is 0 Å². The summed E-state index contributed by atoms with van der Waals surface area (Å²) in [5.74, 6) is 0.238. The average molecular weight is 225 g/mol. The van der Waals surface area contributed by atoms with Gasteiger partial charge in [0, 0.05) is 12.2 Å². The summed E-state index contributed by atoms with van der Waals surface area (Å²) in [6, 6.07) is 1.63. The summed E-state index contributed by atoms with van der Waals surface area (Å²) in [5.41, 5.74) is 5.07. The van der Waals surface area contributed by atoms with Crippen molar-refractivity contribution in [2.24, 2.45) is 0 Å². The van der Waals surface area contributed by atoms with Gasteiger partial charge in [-0.2, -0.15) is 4.98 Å². The second-order valence-electron chi connectivity index (χ2n) is 4.03. The largest absolute Gasteiger partial charge is 0.393 e. The molecule has 0 aromatic carbocycles. The van der Waals surface area contributed by atoms with Gasteiger partial charge in [-0.15, -0.1) is 0 Å². The van der Waals surface area contributed by atoms with E-state index in [-0.39, 0.29) is 23.7 Å². The molecule has 0 bridgehead atoms. The first-order chi connectivity index (χ1) is 7.54. The highest BCUT2D eigenvalue weighted by atomic mass is 16.3. The van der Waals surface area contributed by atoms with Crippen LogP contribution in [0.15, 0.2) is 17.1 Å². The first kappa shape index (κ1) is 12.7. The van der Waals surface area contributed by atoms with Gasteiger partial charge in [-0.3, -0.25) is 4.57 Å². The summed E-state index contributed by atoms with van der Waals surface area (Å²) in [6.07, 6.45) is 3.53. The number of aromatic nitrogens is 2. The second kappa shape index (κ2) is 5.65. The monoisotopic (exact) mass is 225 g/mol. The molecule has 1 rings (SSSR count). The molecule has 1 unspecified atom stereocenters. The maximum Gasteiger partial charge on any atom is 0.349 e. The lowest BCUT2D eigenvalue weighted by Crippen LogP contribution is -2.26. The third-order valence-corrected chi connectivity index (χ3v) is 2.72. The van der Waals surface area contributed by atoms with Crippen LogP contribution < -0.4 is 11.4 Å². The van der Waals surface area contributed by atoms with Crippen molar-refractivity contribution in [2.75, 3.05) is 5.73 Å². The van der Waals surface area contributed by atoms with Crippen LogP contribution in [0.2, 0.25) is 0 Å². The van der Waals surface area contributed by atoms with Gasteiger partial charge in [0.15, 0.2) is 0 Å². The fraction of sp³-hybridized carbons (Fsp3) is 0.636. The Balaban J connectivity index is 2.66. The predicted molar refractivity (Wildman–Crippen MR) is 63.2 cm³/mol. The lowest BCUT2D eigenvalue weighted by molar-refractivity contribution is 0.151. The van der Waals surface area contributed by atoms with Gasteiger partial charge in [0.1, 0.15) is 5.82 Å². The van der Waals surface area contributed by atoms with E-state index in [0.717, 1.165) is 12.8 Å². The Morgan fingerprint density at radius 3 is 2.81 bits per heavy atom. The molecule has 0 saturated heterocycles. The van der Waals surface area contributed by atoms with Gasteiger partial charge in [0.2, 0.25) is 0 Å². The van der Waals surface area contributed by atoms with Crippen molar-refractivity contribution in [2.45, 2.75) is 45.3 Å². The Morgan fingerprint density at radius 2 is 2.25 bits per heavy atom. The predicted octanol–water partition coefficient (Wildman–Crippen LogP) is 0.938. The number of aliphatic hydroxyl groups is 1. The van der Waals surface area contributed by atoms with Crippen LogP contribution in [-0.4, -0.2) is 20.8 Å². The van der Waals surface area contributed by atoms with E-state index in [9.17, 15) is 9.90 Å². The van der Waals surface area contributed by atoms with Gasteiger partial charge in [-0.25, -0.2) is 4.79 Å². The quantitative estimate of drug-likeness (QED) is 0.781. The van der Waals surface area contributed by atoms with E-state index in [1.807, 2.05) is 13.8 Å². The number of nitrogens with zero attached hydrogens (tertiary/aromatic N) is 2. The van der Waals surface area contributed by atoms with E-state index < -0.39 is 0 Å². The number of hydrogen-bond donors (Lipinski definition) is 2. The van der Waals surface area contributed by atoms with Gasteiger partial charge in [0.05, 0.1) is 6.10 Å². The summed E-state index contributed by atoms with van der Waals surface area (Å²) in [5, 5.41) is 9.44. The standard InChI is InChI=1S/C11H19N3O2/c1-3-9(15)5-4-8(2)14-7-6-10(12)13-11(14)16/h6-9,15H,3-5H2,1-2H3,(H2,12,13,16)/t8-,9?/m1/s1. The van der Waals surface area contributed by atoms with Crippen LogP contribution in [0, 0.1) is 0 Å². The van der Waals surface area contributed by atoms with Crippen molar-refractivity contribution in [3.8, 4) is 0 Å². The zero-order chi connectivity index (χ0) is 12.1. The molecule has 5 heteroatoms. The summed E-state index contributed by atoms with van der Waals surface area (Å²) >= 11 is 0. The Bertz CT molecular complexity index is 389. The molecule has 0 amide bonds. The number of nitrogen functional groups attached to an aromatic ring is 1. The summed E-state index contributed by atoms with van der Waals surface area (Å²) < 4.78 is 1.54. The zero-order valence-corrected chi connectivity index (χ0v) is 9.76. The molecule has 0 aliphatic heterocycles. The fourth-order valence-electron chi connectivity index (χ4n) is 1.54. The van der Waals surface area contributed by atoms with Crippen LogP contribution in [0.25, 0.3) is 0 Å². The van der Waals surface area contributed by atoms with Crippen molar-refractivity contribution in [3.63, 3.8) is 0 Å². The topological polar surface area (TPSA) is 81.1 Å². The molecule has 1 heterocycles. The van der Waals surface area contributed by atoms with Crippen LogP contribution in [0.5, 0.6) is 0 Å². The van der Waals surface area contributed by atoms with Gasteiger partial charge in [-0.05, 0) is 32.3 Å². The number of rotatable bonds is 5. The minimum atomic E-state index is -0.335. The third kappa shape index (κ3) is 3.34. The van der Waals surface area contributed by atoms with Gasteiger partial charge < -0.3 is 10.8 Å². The lowest BCUT2D eigenvalue weighted by atomic mass is 10.1. The molecule has 1 aromatic rings. The minimum Gasteiger partial charge on any atom is -0.393 e.